The summed E-state index contributed by atoms with van der Waals surface area (Å²) in [6.45, 7) is 10.2. The fraction of sp³-hybridized carbons (Fsp3) is 0.500. The van der Waals surface area contributed by atoms with E-state index in [1.807, 2.05) is 12.1 Å². The lowest BCUT2D eigenvalue weighted by atomic mass is 9.88. The Morgan fingerprint density at radius 3 is 2.41 bits per heavy atom. The van der Waals surface area contributed by atoms with Crippen LogP contribution in [0.15, 0.2) is 18.2 Å². The van der Waals surface area contributed by atoms with Gasteiger partial charge in [0.05, 0.1) is 0 Å². The monoisotopic (exact) mass is 234 g/mol. The fourth-order valence-corrected chi connectivity index (χ4v) is 1.42. The highest BCUT2D eigenvalue weighted by atomic mass is 16.1. The molecule has 1 atom stereocenters. The van der Waals surface area contributed by atoms with Crippen molar-refractivity contribution in [2.45, 2.75) is 40.7 Å². The van der Waals surface area contributed by atoms with Crippen LogP contribution in [0.25, 0.3) is 0 Å². The summed E-state index contributed by atoms with van der Waals surface area (Å²) in [6.07, 6.45) is 0. The van der Waals surface area contributed by atoms with Crippen molar-refractivity contribution in [3.05, 3.63) is 23.8 Å². The van der Waals surface area contributed by atoms with E-state index >= 15 is 0 Å². The number of nitrogens with two attached hydrogens (primary N) is 1. The molecule has 0 aliphatic rings. The van der Waals surface area contributed by atoms with E-state index in [4.69, 9.17) is 5.73 Å². The lowest BCUT2D eigenvalue weighted by molar-refractivity contribution is 0.101. The molecule has 0 heterocycles. The molecule has 0 saturated carbocycles. The first kappa shape index (κ1) is 13.6. The molecular formula is C14H22N2O. The van der Waals surface area contributed by atoms with Crippen LogP contribution in [0.1, 0.15) is 45.0 Å². The number of carbonyl (C=O) groups is 1. The van der Waals surface area contributed by atoms with E-state index in [2.05, 4.69) is 33.0 Å². The molecule has 0 bridgehead atoms. The van der Waals surface area contributed by atoms with Crippen molar-refractivity contribution >= 4 is 17.2 Å². The van der Waals surface area contributed by atoms with Crippen LogP contribution in [-0.2, 0) is 0 Å². The lowest BCUT2D eigenvalue weighted by Gasteiger charge is -2.29. The van der Waals surface area contributed by atoms with E-state index in [1.165, 1.54) is 6.92 Å². The van der Waals surface area contributed by atoms with Crippen LogP contribution in [0.2, 0.25) is 0 Å². The zero-order chi connectivity index (χ0) is 13.2. The van der Waals surface area contributed by atoms with E-state index < -0.39 is 0 Å². The Kier molecular flexibility index (Phi) is 3.81. The molecule has 17 heavy (non-hydrogen) atoms. The molecule has 0 amide bonds. The highest BCUT2D eigenvalue weighted by Gasteiger charge is 2.19. The molecule has 0 saturated heterocycles. The number of Topliss-reactive ketones (excluding diaryl/α,β-unsaturated/α-hetero) is 1. The number of nitrogen functional groups attached to an aromatic ring is 1. The zero-order valence-corrected chi connectivity index (χ0v) is 11.3. The maximum atomic E-state index is 11.4. The summed E-state index contributed by atoms with van der Waals surface area (Å²) in [5.41, 5.74) is 7.97. The highest BCUT2D eigenvalue weighted by molar-refractivity contribution is 6.00. The van der Waals surface area contributed by atoms with Gasteiger partial charge < -0.3 is 11.1 Å². The summed E-state index contributed by atoms with van der Waals surface area (Å²) in [6, 6.07) is 5.81. The minimum absolute atomic E-state index is 0.00504. The minimum atomic E-state index is -0.00504. The summed E-state index contributed by atoms with van der Waals surface area (Å²) >= 11 is 0. The van der Waals surface area contributed by atoms with E-state index in [0.717, 1.165) is 5.69 Å². The van der Waals surface area contributed by atoms with Crippen LogP contribution in [0.4, 0.5) is 11.4 Å². The number of carbonyl (C=O) groups excluding carboxylic acids is 1. The molecule has 3 N–H and O–H groups in total. The highest BCUT2D eigenvalue weighted by Crippen LogP contribution is 2.25. The van der Waals surface area contributed by atoms with Gasteiger partial charge in [-0.1, -0.05) is 20.8 Å². The third kappa shape index (κ3) is 3.48. The number of hydrogen-bond acceptors (Lipinski definition) is 3. The van der Waals surface area contributed by atoms with Crippen molar-refractivity contribution in [2.24, 2.45) is 5.41 Å². The Labute approximate surface area is 103 Å². The normalized spacial score (nSPS) is 13.2. The van der Waals surface area contributed by atoms with Crippen LogP contribution in [-0.4, -0.2) is 11.8 Å². The second kappa shape index (κ2) is 4.78. The van der Waals surface area contributed by atoms with Crippen LogP contribution < -0.4 is 11.1 Å². The van der Waals surface area contributed by atoms with Gasteiger partial charge in [-0.05, 0) is 37.5 Å². The second-order valence-electron chi connectivity index (χ2n) is 5.59. The summed E-state index contributed by atoms with van der Waals surface area (Å²) in [4.78, 5) is 11.4. The van der Waals surface area contributed by atoms with Gasteiger partial charge in [-0.15, -0.1) is 0 Å². The maximum Gasteiger partial charge on any atom is 0.161 e. The summed E-state index contributed by atoms with van der Waals surface area (Å²) in [5, 5.41) is 3.40. The standard InChI is InChI=1S/C14H22N2O/c1-9(17)12-8-11(6-7-13(12)15)16-10(2)14(3,4)5/h6-8,10,16H,15H2,1-5H3. The van der Waals surface area contributed by atoms with E-state index in [0.29, 0.717) is 17.3 Å². The van der Waals surface area contributed by atoms with Crippen LogP contribution >= 0.6 is 0 Å². The third-order valence-corrected chi connectivity index (χ3v) is 3.11. The van der Waals surface area contributed by atoms with Crippen molar-refractivity contribution in [3.8, 4) is 0 Å². The van der Waals surface area contributed by atoms with Crippen LogP contribution in [0, 0.1) is 5.41 Å². The average molecular weight is 234 g/mol. The number of anilines is 2. The molecule has 0 fully saturated rings. The Morgan fingerprint density at radius 2 is 1.94 bits per heavy atom. The third-order valence-electron chi connectivity index (χ3n) is 3.11. The van der Waals surface area contributed by atoms with Gasteiger partial charge in [0.2, 0.25) is 0 Å². The largest absolute Gasteiger partial charge is 0.398 e. The van der Waals surface area contributed by atoms with Gasteiger partial charge in [-0.2, -0.15) is 0 Å². The molecule has 0 spiro atoms. The van der Waals surface area contributed by atoms with Gasteiger partial charge >= 0.3 is 0 Å². The lowest BCUT2D eigenvalue weighted by Crippen LogP contribution is -2.30. The Balaban J connectivity index is 2.94. The van der Waals surface area contributed by atoms with E-state index in [9.17, 15) is 4.79 Å². The van der Waals surface area contributed by atoms with Gasteiger partial charge in [-0.25, -0.2) is 0 Å². The van der Waals surface area contributed by atoms with Crippen LogP contribution in [0.3, 0.4) is 0 Å². The predicted octanol–water partition coefficient (Wildman–Crippen LogP) is 3.32. The maximum absolute atomic E-state index is 11.4. The Bertz CT molecular complexity index is 419. The molecule has 0 aromatic heterocycles. The fourth-order valence-electron chi connectivity index (χ4n) is 1.42. The van der Waals surface area contributed by atoms with Crippen molar-refractivity contribution in [2.75, 3.05) is 11.1 Å². The molecular weight excluding hydrogens is 212 g/mol. The number of hydrogen-bond donors (Lipinski definition) is 2. The Morgan fingerprint density at radius 1 is 1.35 bits per heavy atom. The average Bonchev–Trinajstić information content (AvgIpc) is 2.19. The zero-order valence-electron chi connectivity index (χ0n) is 11.3. The van der Waals surface area contributed by atoms with Crippen molar-refractivity contribution < 1.29 is 4.79 Å². The molecule has 0 aliphatic heterocycles. The first-order valence-electron chi connectivity index (χ1n) is 5.89. The van der Waals surface area contributed by atoms with Gasteiger partial charge in [0.15, 0.2) is 5.78 Å². The topological polar surface area (TPSA) is 55.1 Å². The summed E-state index contributed by atoms with van der Waals surface area (Å²) < 4.78 is 0. The second-order valence-corrected chi connectivity index (χ2v) is 5.59. The smallest absolute Gasteiger partial charge is 0.161 e. The molecule has 0 radical (unpaired) electrons. The van der Waals surface area contributed by atoms with Crippen LogP contribution in [0.5, 0.6) is 0 Å². The summed E-state index contributed by atoms with van der Waals surface area (Å²) in [7, 11) is 0. The molecule has 1 aromatic carbocycles. The number of ketones is 1. The summed E-state index contributed by atoms with van der Waals surface area (Å²) in [5.74, 6) is -0.00504. The van der Waals surface area contributed by atoms with Gasteiger partial charge in [0.25, 0.3) is 0 Å². The molecule has 1 rings (SSSR count). The quantitative estimate of drug-likeness (QED) is 0.623. The predicted molar refractivity (Wildman–Crippen MR) is 73.4 cm³/mol. The van der Waals surface area contributed by atoms with E-state index in [-0.39, 0.29) is 11.2 Å². The van der Waals surface area contributed by atoms with E-state index in [1.54, 1.807) is 6.07 Å². The SMILES string of the molecule is CC(=O)c1cc(NC(C)C(C)(C)C)ccc1N. The van der Waals surface area contributed by atoms with Crippen molar-refractivity contribution in [1.82, 2.24) is 0 Å². The molecule has 3 nitrogen and oxygen atoms in total. The molecule has 1 unspecified atom stereocenters. The van der Waals surface area contributed by atoms with Crippen molar-refractivity contribution in [3.63, 3.8) is 0 Å². The molecule has 0 aliphatic carbocycles. The number of rotatable bonds is 3. The van der Waals surface area contributed by atoms with Gasteiger partial charge in [-0.3, -0.25) is 4.79 Å². The first-order chi connectivity index (χ1) is 7.71. The number of benzene rings is 1. The van der Waals surface area contributed by atoms with Crippen molar-refractivity contribution in [1.29, 1.82) is 0 Å². The minimum Gasteiger partial charge on any atom is -0.398 e. The molecule has 3 heteroatoms. The van der Waals surface area contributed by atoms with Gasteiger partial charge in [0, 0.05) is 23.0 Å². The molecule has 1 aromatic rings. The first-order valence-corrected chi connectivity index (χ1v) is 5.89. The van der Waals surface area contributed by atoms with Gasteiger partial charge in [0.1, 0.15) is 0 Å². The molecule has 94 valence electrons. The Hall–Kier alpha value is -1.51. The number of nitrogens with one attached hydrogen (secondary N) is 1.